The highest BCUT2D eigenvalue weighted by Gasteiger charge is 2.19. The van der Waals surface area contributed by atoms with Gasteiger partial charge in [0.25, 0.3) is 0 Å². The quantitative estimate of drug-likeness (QED) is 0.731. The average Bonchev–Trinajstić information content (AvgIpc) is 2.39. The Morgan fingerprint density at radius 2 is 2.35 bits per heavy atom. The molecule has 1 aromatic rings. The van der Waals surface area contributed by atoms with Crippen LogP contribution in [0.25, 0.3) is 0 Å². The summed E-state index contributed by atoms with van der Waals surface area (Å²) in [5.74, 6) is 0.199. The normalized spacial score (nSPS) is 19.8. The molecule has 0 spiro atoms. The number of carbonyl (C=O) groups is 1. The smallest absolute Gasteiger partial charge is 0.159 e. The third kappa shape index (κ3) is 2.65. The number of Topliss-reactive ketones (excluding diaryl/α,β-unsaturated/α-hetero) is 1. The third-order valence-corrected chi connectivity index (χ3v) is 3.22. The Kier molecular flexibility index (Phi) is 3.43. The fourth-order valence-corrected chi connectivity index (χ4v) is 2.24. The van der Waals surface area contributed by atoms with Crippen molar-refractivity contribution < 1.29 is 4.79 Å². The predicted octanol–water partition coefficient (Wildman–Crippen LogP) is 2.63. The maximum Gasteiger partial charge on any atom is 0.159 e. The number of hydrogen-bond donors (Lipinski definition) is 0. The molecule has 3 heteroatoms. The molecular weight excluding hydrogens is 212 g/mol. The predicted molar refractivity (Wildman–Crippen MR) is 67.0 cm³/mol. The molecule has 1 aromatic carbocycles. The van der Waals surface area contributed by atoms with Crippen LogP contribution in [0.15, 0.2) is 24.3 Å². The van der Waals surface area contributed by atoms with Crippen molar-refractivity contribution in [2.24, 2.45) is 5.92 Å². The Labute approximate surface area is 102 Å². The number of piperidine rings is 1. The van der Waals surface area contributed by atoms with Gasteiger partial charge in [-0.3, -0.25) is 4.79 Å². The van der Waals surface area contributed by atoms with Gasteiger partial charge in [-0.1, -0.05) is 12.1 Å². The summed E-state index contributed by atoms with van der Waals surface area (Å²) in [6.07, 6.45) is 2.03. The van der Waals surface area contributed by atoms with E-state index in [0.29, 0.717) is 0 Å². The third-order valence-electron chi connectivity index (χ3n) is 3.22. The van der Waals surface area contributed by atoms with E-state index in [1.54, 1.807) is 6.92 Å². The van der Waals surface area contributed by atoms with E-state index in [9.17, 15) is 4.79 Å². The fraction of sp³-hybridized carbons (Fsp3) is 0.429. The molecule has 1 aliphatic rings. The molecular formula is C14H16N2O. The Bertz CT molecular complexity index is 462. The molecule has 1 unspecified atom stereocenters. The fourth-order valence-electron chi connectivity index (χ4n) is 2.24. The molecule has 2 rings (SSSR count). The Morgan fingerprint density at radius 3 is 3.06 bits per heavy atom. The van der Waals surface area contributed by atoms with Crippen LogP contribution >= 0.6 is 0 Å². The van der Waals surface area contributed by atoms with Crippen molar-refractivity contribution in [3.63, 3.8) is 0 Å². The van der Waals surface area contributed by atoms with E-state index in [0.717, 1.165) is 37.2 Å². The van der Waals surface area contributed by atoms with E-state index in [1.807, 2.05) is 24.3 Å². The summed E-state index contributed by atoms with van der Waals surface area (Å²) in [7, 11) is 0. The molecule has 0 amide bonds. The van der Waals surface area contributed by atoms with Gasteiger partial charge in [0.1, 0.15) is 0 Å². The Balaban J connectivity index is 2.19. The molecule has 0 N–H and O–H groups in total. The van der Waals surface area contributed by atoms with Crippen LogP contribution in [0, 0.1) is 17.2 Å². The summed E-state index contributed by atoms with van der Waals surface area (Å²) in [5, 5.41) is 8.97. The first-order chi connectivity index (χ1) is 8.20. The number of hydrogen-bond acceptors (Lipinski definition) is 3. The first-order valence-corrected chi connectivity index (χ1v) is 5.96. The molecule has 0 saturated carbocycles. The highest BCUT2D eigenvalue weighted by Crippen LogP contribution is 2.23. The van der Waals surface area contributed by atoms with Crippen LogP contribution in [0.5, 0.6) is 0 Å². The summed E-state index contributed by atoms with van der Waals surface area (Å²) < 4.78 is 0. The molecule has 1 aliphatic heterocycles. The molecule has 1 fully saturated rings. The second-order valence-corrected chi connectivity index (χ2v) is 4.52. The molecule has 88 valence electrons. The molecule has 0 radical (unpaired) electrons. The van der Waals surface area contributed by atoms with Crippen LogP contribution < -0.4 is 4.90 Å². The first kappa shape index (κ1) is 11.7. The van der Waals surface area contributed by atoms with E-state index in [1.165, 1.54) is 0 Å². The second kappa shape index (κ2) is 5.01. The summed E-state index contributed by atoms with van der Waals surface area (Å²) >= 11 is 0. The van der Waals surface area contributed by atoms with Crippen molar-refractivity contribution in [3.05, 3.63) is 29.8 Å². The van der Waals surface area contributed by atoms with E-state index in [2.05, 4.69) is 11.0 Å². The monoisotopic (exact) mass is 228 g/mol. The maximum absolute atomic E-state index is 11.3. The van der Waals surface area contributed by atoms with Gasteiger partial charge >= 0.3 is 0 Å². The van der Waals surface area contributed by atoms with Crippen molar-refractivity contribution in [1.29, 1.82) is 5.26 Å². The molecule has 0 aliphatic carbocycles. The van der Waals surface area contributed by atoms with Crippen LogP contribution in [0.4, 0.5) is 5.69 Å². The summed E-state index contributed by atoms with van der Waals surface area (Å²) in [6.45, 7) is 3.32. The lowest BCUT2D eigenvalue weighted by molar-refractivity contribution is 0.101. The van der Waals surface area contributed by atoms with E-state index in [4.69, 9.17) is 5.26 Å². The minimum absolute atomic E-state index is 0.0840. The average molecular weight is 228 g/mol. The van der Waals surface area contributed by atoms with Crippen LogP contribution in [0.3, 0.4) is 0 Å². The standard InChI is InChI=1S/C14H16N2O/c1-11(17)13-5-2-6-14(8-13)16-7-3-4-12(9-15)10-16/h2,5-6,8,12H,3-4,7,10H2,1H3. The number of anilines is 1. The molecule has 0 aromatic heterocycles. The zero-order valence-electron chi connectivity index (χ0n) is 10.0. The van der Waals surface area contributed by atoms with Crippen LogP contribution in [0.2, 0.25) is 0 Å². The summed E-state index contributed by atoms with van der Waals surface area (Å²) in [5.41, 5.74) is 1.79. The van der Waals surface area contributed by atoms with Gasteiger partial charge in [-0.25, -0.2) is 0 Å². The number of ketones is 1. The lowest BCUT2D eigenvalue weighted by Gasteiger charge is -2.31. The van der Waals surface area contributed by atoms with Crippen LogP contribution in [0.1, 0.15) is 30.1 Å². The Hall–Kier alpha value is -1.82. The van der Waals surface area contributed by atoms with Crippen molar-refractivity contribution in [1.82, 2.24) is 0 Å². The SMILES string of the molecule is CC(=O)c1cccc(N2CCCC(C#N)C2)c1. The second-order valence-electron chi connectivity index (χ2n) is 4.52. The minimum atomic E-state index is 0.0840. The molecule has 17 heavy (non-hydrogen) atoms. The number of nitrogens with zero attached hydrogens (tertiary/aromatic N) is 2. The molecule has 1 atom stereocenters. The number of nitriles is 1. The maximum atomic E-state index is 11.3. The zero-order chi connectivity index (χ0) is 12.3. The van der Waals surface area contributed by atoms with Crippen LogP contribution in [-0.2, 0) is 0 Å². The number of rotatable bonds is 2. The van der Waals surface area contributed by atoms with Gasteiger partial charge in [-0.2, -0.15) is 5.26 Å². The van der Waals surface area contributed by atoms with Crippen molar-refractivity contribution >= 4 is 11.5 Å². The molecule has 1 heterocycles. The van der Waals surface area contributed by atoms with Crippen molar-refractivity contribution in [2.45, 2.75) is 19.8 Å². The van der Waals surface area contributed by atoms with Gasteiger partial charge in [-0.05, 0) is 31.9 Å². The van der Waals surface area contributed by atoms with E-state index >= 15 is 0 Å². The number of carbonyl (C=O) groups excluding carboxylic acids is 1. The zero-order valence-corrected chi connectivity index (χ0v) is 10.0. The lowest BCUT2D eigenvalue weighted by Crippen LogP contribution is -2.34. The van der Waals surface area contributed by atoms with Gasteiger partial charge < -0.3 is 4.90 Å². The van der Waals surface area contributed by atoms with Crippen molar-refractivity contribution in [3.8, 4) is 6.07 Å². The first-order valence-electron chi connectivity index (χ1n) is 5.96. The Morgan fingerprint density at radius 1 is 1.53 bits per heavy atom. The van der Waals surface area contributed by atoms with E-state index in [-0.39, 0.29) is 11.7 Å². The van der Waals surface area contributed by atoms with Crippen molar-refractivity contribution in [2.75, 3.05) is 18.0 Å². The molecule has 3 nitrogen and oxygen atoms in total. The summed E-state index contributed by atoms with van der Waals surface area (Å²) in [6, 6.07) is 9.99. The van der Waals surface area contributed by atoms with Gasteiger partial charge in [-0.15, -0.1) is 0 Å². The lowest BCUT2D eigenvalue weighted by atomic mass is 9.99. The van der Waals surface area contributed by atoms with Crippen LogP contribution in [-0.4, -0.2) is 18.9 Å². The van der Waals surface area contributed by atoms with Gasteiger partial charge in [0, 0.05) is 24.3 Å². The highest BCUT2D eigenvalue weighted by molar-refractivity contribution is 5.94. The highest BCUT2D eigenvalue weighted by atomic mass is 16.1. The molecule has 1 saturated heterocycles. The van der Waals surface area contributed by atoms with Gasteiger partial charge in [0.2, 0.25) is 0 Å². The van der Waals surface area contributed by atoms with Gasteiger partial charge in [0.05, 0.1) is 12.0 Å². The molecule has 0 bridgehead atoms. The number of benzene rings is 1. The van der Waals surface area contributed by atoms with Gasteiger partial charge in [0.15, 0.2) is 5.78 Å². The largest absolute Gasteiger partial charge is 0.370 e. The minimum Gasteiger partial charge on any atom is -0.370 e. The summed E-state index contributed by atoms with van der Waals surface area (Å²) in [4.78, 5) is 13.5. The van der Waals surface area contributed by atoms with E-state index < -0.39 is 0 Å². The topological polar surface area (TPSA) is 44.1 Å².